The zero-order chi connectivity index (χ0) is 29.6. The lowest BCUT2D eigenvalue weighted by molar-refractivity contribution is -0.314. The van der Waals surface area contributed by atoms with Gasteiger partial charge in [0, 0.05) is 0 Å². The van der Waals surface area contributed by atoms with Gasteiger partial charge in [0.2, 0.25) is 0 Å². The van der Waals surface area contributed by atoms with E-state index in [1.807, 2.05) is 20.8 Å². The quantitative estimate of drug-likeness (QED) is 0.298. The largest absolute Gasteiger partial charge is 0.414 e. The fourth-order valence-corrected chi connectivity index (χ4v) is 6.87. The normalized spacial score (nSPS) is 27.5. The van der Waals surface area contributed by atoms with E-state index in [0.717, 1.165) is 0 Å². The molecule has 1 fully saturated rings. The molecule has 0 radical (unpaired) electrons. The van der Waals surface area contributed by atoms with E-state index < -0.39 is 61.3 Å². The van der Waals surface area contributed by atoms with Crippen molar-refractivity contribution in [1.82, 2.24) is 0 Å². The van der Waals surface area contributed by atoms with Crippen molar-refractivity contribution >= 4 is 25.0 Å². The van der Waals surface area contributed by atoms with Crippen molar-refractivity contribution < 1.29 is 27.9 Å². The molecule has 0 aliphatic carbocycles. The number of aliphatic hydroxyl groups is 1. The van der Waals surface area contributed by atoms with E-state index in [-0.39, 0.29) is 15.1 Å². The molecule has 0 amide bonds. The molecule has 0 aromatic rings. The molecule has 0 aromatic heterocycles. The van der Waals surface area contributed by atoms with Gasteiger partial charge in [-0.25, -0.2) is 0 Å². The lowest BCUT2D eigenvalue weighted by Gasteiger charge is -2.52. The molecule has 0 bridgehead atoms. The van der Waals surface area contributed by atoms with Crippen LogP contribution in [0, 0.1) is 0 Å². The van der Waals surface area contributed by atoms with Gasteiger partial charge in [0.25, 0.3) is 0 Å². The van der Waals surface area contributed by atoms with Crippen molar-refractivity contribution in [2.24, 2.45) is 0 Å². The van der Waals surface area contributed by atoms with E-state index in [9.17, 15) is 5.11 Å². The summed E-state index contributed by atoms with van der Waals surface area (Å²) in [6, 6.07) is 0. The van der Waals surface area contributed by atoms with E-state index in [1.165, 1.54) is 0 Å². The smallest absolute Gasteiger partial charge is 0.192 e. The van der Waals surface area contributed by atoms with Crippen LogP contribution in [-0.4, -0.2) is 73.0 Å². The highest BCUT2D eigenvalue weighted by molar-refractivity contribution is 6.75. The summed E-state index contributed by atoms with van der Waals surface area (Å²) in [5.74, 6) is 0. The van der Waals surface area contributed by atoms with E-state index in [0.29, 0.717) is 6.61 Å². The van der Waals surface area contributed by atoms with Gasteiger partial charge in [0.15, 0.2) is 31.2 Å². The number of hydrogen-bond donors (Lipinski definition) is 1. The Bertz CT molecular complexity index is 741. The Hall–Kier alpha value is 0.411. The molecule has 0 saturated carbocycles. The SMILES string of the molecule is CC(C)(C)O[C@H]1O[C@H](CO[Si](C)(C)C(C)(C)C)[C@H](O)[C@H](O[Si](C)(C)C(C)(C)C)[C@H]1O[Si](C)(C)C(C)(C)C. The van der Waals surface area contributed by atoms with Crippen LogP contribution in [0.3, 0.4) is 0 Å². The van der Waals surface area contributed by atoms with Crippen LogP contribution < -0.4 is 0 Å². The predicted molar refractivity (Wildman–Crippen MR) is 163 cm³/mol. The summed E-state index contributed by atoms with van der Waals surface area (Å²) in [7, 11) is -6.58. The zero-order valence-electron chi connectivity index (χ0n) is 27.6. The van der Waals surface area contributed by atoms with Gasteiger partial charge < -0.3 is 27.9 Å². The molecular formula is C28H62O6Si3. The summed E-state index contributed by atoms with van der Waals surface area (Å²) in [6.07, 6.45) is -3.28. The van der Waals surface area contributed by atoms with E-state index >= 15 is 0 Å². The predicted octanol–water partition coefficient (Wildman–Crippen LogP) is 7.69. The fourth-order valence-electron chi connectivity index (χ4n) is 3.27. The molecular weight excluding hydrogens is 517 g/mol. The van der Waals surface area contributed by atoms with Crippen LogP contribution in [0.15, 0.2) is 0 Å². The molecule has 1 saturated heterocycles. The third-order valence-corrected chi connectivity index (χ3v) is 22.4. The number of ether oxygens (including phenoxy) is 2. The van der Waals surface area contributed by atoms with Crippen LogP contribution in [0.4, 0.5) is 0 Å². The molecule has 1 heterocycles. The first kappa shape index (κ1) is 35.4. The van der Waals surface area contributed by atoms with Gasteiger partial charge in [-0.1, -0.05) is 62.3 Å². The van der Waals surface area contributed by atoms with Crippen LogP contribution >= 0.6 is 0 Å². The molecule has 37 heavy (non-hydrogen) atoms. The van der Waals surface area contributed by atoms with Gasteiger partial charge >= 0.3 is 0 Å². The second-order valence-corrected chi connectivity index (χ2v) is 30.8. The maximum Gasteiger partial charge on any atom is 0.192 e. The van der Waals surface area contributed by atoms with Crippen molar-refractivity contribution in [3.63, 3.8) is 0 Å². The second-order valence-electron chi connectivity index (χ2n) is 16.5. The Labute approximate surface area is 232 Å². The molecule has 9 heteroatoms. The highest BCUT2D eigenvalue weighted by atomic mass is 28.4. The molecule has 6 nitrogen and oxygen atoms in total. The Balaban J connectivity index is 3.55. The first-order valence-electron chi connectivity index (χ1n) is 14.0. The van der Waals surface area contributed by atoms with Gasteiger partial charge in [-0.15, -0.1) is 0 Å². The summed E-state index contributed by atoms with van der Waals surface area (Å²) in [5.41, 5.74) is -0.464. The summed E-state index contributed by atoms with van der Waals surface area (Å²) < 4.78 is 33.6. The second kappa shape index (κ2) is 11.4. The lowest BCUT2D eigenvalue weighted by Crippen LogP contribution is -2.67. The van der Waals surface area contributed by atoms with Crippen molar-refractivity contribution in [3.05, 3.63) is 0 Å². The Morgan fingerprint density at radius 1 is 0.622 bits per heavy atom. The third kappa shape index (κ3) is 9.21. The first-order valence-corrected chi connectivity index (χ1v) is 22.8. The van der Waals surface area contributed by atoms with Crippen LogP contribution in [-0.2, 0) is 22.8 Å². The minimum atomic E-state index is -2.27. The van der Waals surface area contributed by atoms with Crippen molar-refractivity contribution in [3.8, 4) is 0 Å². The average molecular weight is 579 g/mol. The molecule has 1 aliphatic heterocycles. The maximum atomic E-state index is 11.8. The number of aliphatic hydroxyl groups excluding tert-OH is 1. The molecule has 0 spiro atoms. The van der Waals surface area contributed by atoms with Crippen LogP contribution in [0.25, 0.3) is 0 Å². The molecule has 0 unspecified atom stereocenters. The van der Waals surface area contributed by atoms with Gasteiger partial charge in [-0.2, -0.15) is 0 Å². The van der Waals surface area contributed by atoms with E-state index in [4.69, 9.17) is 22.8 Å². The summed E-state index contributed by atoms with van der Waals surface area (Å²) >= 11 is 0. The molecule has 1 rings (SSSR count). The average Bonchev–Trinajstić information content (AvgIpc) is 2.61. The van der Waals surface area contributed by atoms with Crippen LogP contribution in [0.5, 0.6) is 0 Å². The molecule has 0 aromatic carbocycles. The van der Waals surface area contributed by atoms with Crippen molar-refractivity contribution in [2.75, 3.05) is 6.61 Å². The van der Waals surface area contributed by atoms with Gasteiger partial charge in [0.1, 0.15) is 24.4 Å². The van der Waals surface area contributed by atoms with E-state index in [1.54, 1.807) is 0 Å². The summed E-state index contributed by atoms with van der Waals surface area (Å²) in [4.78, 5) is 0. The molecule has 1 N–H and O–H groups in total. The van der Waals surface area contributed by atoms with Crippen LogP contribution in [0.1, 0.15) is 83.1 Å². The highest BCUT2D eigenvalue weighted by Crippen LogP contribution is 2.44. The molecule has 1 aliphatic rings. The van der Waals surface area contributed by atoms with E-state index in [2.05, 4.69) is 102 Å². The van der Waals surface area contributed by atoms with Crippen molar-refractivity contribution in [1.29, 1.82) is 0 Å². The maximum absolute atomic E-state index is 11.8. The topological polar surface area (TPSA) is 66.4 Å². The Kier molecular flexibility index (Phi) is 10.9. The van der Waals surface area contributed by atoms with Gasteiger partial charge in [0.05, 0.1) is 12.2 Å². The minimum Gasteiger partial charge on any atom is -0.414 e. The molecule has 222 valence electrons. The standard InChI is InChI=1S/C28H62O6Si3/c1-25(2,3)32-24-23(34-37(17,18)28(10,11)12)22(33-36(15,16)27(7,8)9)21(29)20(31-24)19-30-35(13,14)26(4,5)6/h20-24,29H,19H2,1-18H3/t20-,21+,22+,23-,24-/m1/s1. The van der Waals surface area contributed by atoms with Gasteiger partial charge in [-0.05, 0) is 75.2 Å². The monoisotopic (exact) mass is 578 g/mol. The molecule has 5 atom stereocenters. The Morgan fingerprint density at radius 2 is 1.00 bits per heavy atom. The van der Waals surface area contributed by atoms with Gasteiger partial charge in [-0.3, -0.25) is 0 Å². The Morgan fingerprint density at radius 3 is 1.35 bits per heavy atom. The first-order chi connectivity index (χ1) is 16.0. The number of rotatable bonds is 8. The van der Waals surface area contributed by atoms with Crippen LogP contribution in [0.2, 0.25) is 54.4 Å². The zero-order valence-corrected chi connectivity index (χ0v) is 30.6. The highest BCUT2D eigenvalue weighted by Gasteiger charge is 2.55. The fraction of sp³-hybridized carbons (Fsp3) is 1.00. The summed E-state index contributed by atoms with van der Waals surface area (Å²) in [6.45, 7) is 39.7. The number of hydrogen-bond acceptors (Lipinski definition) is 6. The lowest BCUT2D eigenvalue weighted by atomic mass is 9.99. The summed E-state index contributed by atoms with van der Waals surface area (Å²) in [5, 5.41) is 11.8. The third-order valence-electron chi connectivity index (χ3n) is 8.98. The minimum absolute atomic E-state index is 0.0198. The van der Waals surface area contributed by atoms with Crippen molar-refractivity contribution in [2.45, 2.75) is 174 Å².